The van der Waals surface area contributed by atoms with Crippen molar-refractivity contribution in [3.8, 4) is 0 Å². The van der Waals surface area contributed by atoms with Gasteiger partial charge in [0.05, 0.1) is 11.6 Å². The van der Waals surface area contributed by atoms with Crippen molar-refractivity contribution in [1.82, 2.24) is 5.32 Å². The van der Waals surface area contributed by atoms with Crippen molar-refractivity contribution < 1.29 is 9.59 Å². The predicted octanol–water partition coefficient (Wildman–Crippen LogP) is 4.62. The normalized spacial score (nSPS) is 12.2. The van der Waals surface area contributed by atoms with Gasteiger partial charge in [0.15, 0.2) is 0 Å². The first-order valence-corrected chi connectivity index (χ1v) is 9.54. The Hall–Kier alpha value is -2.82. The van der Waals surface area contributed by atoms with Crippen molar-refractivity contribution in [1.29, 1.82) is 0 Å². The average Bonchev–Trinajstić information content (AvgIpc) is 2.60. The van der Waals surface area contributed by atoms with Crippen LogP contribution >= 0.6 is 0 Å². The Balaban J connectivity index is 2.22. The highest BCUT2D eigenvalue weighted by Gasteiger charge is 2.19. The van der Waals surface area contributed by atoms with E-state index < -0.39 is 0 Å². The van der Waals surface area contributed by atoms with Gasteiger partial charge in [-0.3, -0.25) is 9.59 Å². The molecule has 5 heteroatoms. The first-order valence-electron chi connectivity index (χ1n) is 9.54. The molecule has 0 fully saturated rings. The molecule has 1 atom stereocenters. The molecule has 0 saturated heterocycles. The molecule has 0 saturated carbocycles. The van der Waals surface area contributed by atoms with E-state index in [1.54, 1.807) is 6.07 Å². The molecule has 5 nitrogen and oxygen atoms in total. The van der Waals surface area contributed by atoms with Crippen LogP contribution in [0.4, 0.5) is 11.4 Å². The highest BCUT2D eigenvalue weighted by atomic mass is 16.2. The first-order chi connectivity index (χ1) is 13.1. The first kappa shape index (κ1) is 21.5. The monoisotopic (exact) mass is 381 g/mol. The molecule has 2 N–H and O–H groups in total. The van der Waals surface area contributed by atoms with Crippen LogP contribution in [0.15, 0.2) is 48.5 Å². The molecule has 1 unspecified atom stereocenters. The fourth-order valence-corrected chi connectivity index (χ4v) is 2.97. The van der Waals surface area contributed by atoms with Crippen LogP contribution in [-0.2, 0) is 4.79 Å². The molecule has 2 rings (SSSR count). The Morgan fingerprint density at radius 2 is 1.68 bits per heavy atom. The van der Waals surface area contributed by atoms with E-state index in [-0.39, 0.29) is 23.3 Å². The number of anilines is 2. The Labute approximate surface area is 168 Å². The molecule has 0 aromatic heterocycles. The molecule has 0 aliphatic rings. The fraction of sp³-hybridized carbons (Fsp3) is 0.391. The van der Waals surface area contributed by atoms with Crippen LogP contribution in [0.2, 0.25) is 0 Å². The summed E-state index contributed by atoms with van der Waals surface area (Å²) in [6.45, 7) is 8.01. The smallest absolute Gasteiger partial charge is 0.253 e. The third-order valence-electron chi connectivity index (χ3n) is 4.34. The summed E-state index contributed by atoms with van der Waals surface area (Å²) < 4.78 is 0. The van der Waals surface area contributed by atoms with Gasteiger partial charge in [0.25, 0.3) is 5.91 Å². The second-order valence-electron chi connectivity index (χ2n) is 8.52. The van der Waals surface area contributed by atoms with Gasteiger partial charge in [0, 0.05) is 31.9 Å². The van der Waals surface area contributed by atoms with E-state index in [0.717, 1.165) is 11.3 Å². The van der Waals surface area contributed by atoms with Gasteiger partial charge < -0.3 is 15.5 Å². The number of carbonyl (C=O) groups is 2. The summed E-state index contributed by atoms with van der Waals surface area (Å²) in [6.07, 6.45) is 0.412. The Bertz CT molecular complexity index is 823. The summed E-state index contributed by atoms with van der Waals surface area (Å²) in [5.74, 6) is -0.235. The fourth-order valence-electron chi connectivity index (χ4n) is 2.97. The average molecular weight is 382 g/mol. The molecule has 0 bridgehead atoms. The van der Waals surface area contributed by atoms with E-state index in [4.69, 9.17) is 0 Å². The lowest BCUT2D eigenvalue weighted by atomic mass is 9.92. The molecule has 0 radical (unpaired) electrons. The molecule has 2 aromatic carbocycles. The SMILES string of the molecule is CC(NC(=O)c1cc(NC(=O)CC(C)(C)C)ccc1N(C)C)c1ccccc1. The topological polar surface area (TPSA) is 61.4 Å². The number of rotatable bonds is 6. The maximum Gasteiger partial charge on any atom is 0.253 e. The van der Waals surface area contributed by atoms with Crippen LogP contribution in [0.3, 0.4) is 0 Å². The highest BCUT2D eigenvalue weighted by Crippen LogP contribution is 2.25. The molecular formula is C23H31N3O2. The molecule has 0 aliphatic carbocycles. The van der Waals surface area contributed by atoms with Crippen LogP contribution in [0.5, 0.6) is 0 Å². The summed E-state index contributed by atoms with van der Waals surface area (Å²) >= 11 is 0. The van der Waals surface area contributed by atoms with Crippen LogP contribution in [0, 0.1) is 5.41 Å². The minimum absolute atomic E-state index is 0.0610. The molecule has 0 spiro atoms. The minimum atomic E-state index is -0.174. The van der Waals surface area contributed by atoms with E-state index in [0.29, 0.717) is 17.7 Å². The van der Waals surface area contributed by atoms with Gasteiger partial charge in [-0.2, -0.15) is 0 Å². The van der Waals surface area contributed by atoms with Crippen LogP contribution in [-0.4, -0.2) is 25.9 Å². The molecule has 150 valence electrons. The standard InChI is InChI=1S/C23H31N3O2/c1-16(17-10-8-7-9-11-17)24-22(28)19-14-18(12-13-20(19)26(5)6)25-21(27)15-23(2,3)4/h7-14,16H,15H2,1-6H3,(H,24,28)(H,25,27). The second kappa shape index (κ2) is 8.91. The van der Waals surface area contributed by atoms with Gasteiger partial charge in [-0.25, -0.2) is 0 Å². The number of carbonyl (C=O) groups excluding carboxylic acids is 2. The van der Waals surface area contributed by atoms with Crippen LogP contribution in [0.25, 0.3) is 0 Å². The third-order valence-corrected chi connectivity index (χ3v) is 4.34. The van der Waals surface area contributed by atoms with Gasteiger partial charge >= 0.3 is 0 Å². The minimum Gasteiger partial charge on any atom is -0.377 e. The lowest BCUT2D eigenvalue weighted by Gasteiger charge is -2.21. The second-order valence-corrected chi connectivity index (χ2v) is 8.52. The van der Waals surface area contributed by atoms with Gasteiger partial charge in [-0.1, -0.05) is 51.1 Å². The number of amides is 2. The number of hydrogen-bond donors (Lipinski definition) is 2. The number of nitrogens with one attached hydrogen (secondary N) is 2. The lowest BCUT2D eigenvalue weighted by Crippen LogP contribution is -2.28. The van der Waals surface area contributed by atoms with Crippen molar-refractivity contribution in [2.45, 2.75) is 40.2 Å². The molecule has 0 heterocycles. The lowest BCUT2D eigenvalue weighted by molar-refractivity contribution is -0.117. The summed E-state index contributed by atoms with van der Waals surface area (Å²) in [7, 11) is 3.79. The third kappa shape index (κ3) is 6.12. The van der Waals surface area contributed by atoms with Gasteiger partial charge in [0.2, 0.25) is 5.91 Å². The van der Waals surface area contributed by atoms with Crippen LogP contribution < -0.4 is 15.5 Å². The van der Waals surface area contributed by atoms with Crippen molar-refractivity contribution in [2.24, 2.45) is 5.41 Å². The van der Waals surface area contributed by atoms with E-state index in [2.05, 4.69) is 10.6 Å². The van der Waals surface area contributed by atoms with Gasteiger partial charge in [0.1, 0.15) is 0 Å². The summed E-state index contributed by atoms with van der Waals surface area (Å²) in [6, 6.07) is 15.1. The molecule has 0 aliphatic heterocycles. The van der Waals surface area contributed by atoms with E-state index in [1.165, 1.54) is 0 Å². The van der Waals surface area contributed by atoms with Crippen molar-refractivity contribution in [3.63, 3.8) is 0 Å². The summed E-state index contributed by atoms with van der Waals surface area (Å²) in [5, 5.41) is 5.96. The van der Waals surface area contributed by atoms with E-state index in [1.807, 2.05) is 89.2 Å². The maximum absolute atomic E-state index is 13.0. The van der Waals surface area contributed by atoms with Crippen molar-refractivity contribution in [3.05, 3.63) is 59.7 Å². The summed E-state index contributed by atoms with van der Waals surface area (Å²) in [5.41, 5.74) is 2.89. The van der Waals surface area contributed by atoms with E-state index >= 15 is 0 Å². The zero-order valence-corrected chi connectivity index (χ0v) is 17.7. The van der Waals surface area contributed by atoms with Gasteiger partial charge in [-0.05, 0) is 36.1 Å². The highest BCUT2D eigenvalue weighted by molar-refractivity contribution is 6.02. The van der Waals surface area contributed by atoms with Crippen molar-refractivity contribution in [2.75, 3.05) is 24.3 Å². The van der Waals surface area contributed by atoms with Crippen LogP contribution in [0.1, 0.15) is 56.1 Å². The Kier molecular flexibility index (Phi) is 6.84. The van der Waals surface area contributed by atoms with Crippen molar-refractivity contribution >= 4 is 23.2 Å². The molecule has 28 heavy (non-hydrogen) atoms. The number of nitrogens with zero attached hydrogens (tertiary/aromatic N) is 1. The number of hydrogen-bond acceptors (Lipinski definition) is 3. The Morgan fingerprint density at radius 1 is 1.04 bits per heavy atom. The maximum atomic E-state index is 13.0. The zero-order valence-electron chi connectivity index (χ0n) is 17.7. The Morgan fingerprint density at radius 3 is 2.25 bits per heavy atom. The quantitative estimate of drug-likeness (QED) is 0.768. The molecule has 2 aromatic rings. The molecule has 2 amide bonds. The van der Waals surface area contributed by atoms with E-state index in [9.17, 15) is 9.59 Å². The largest absolute Gasteiger partial charge is 0.377 e. The predicted molar refractivity (Wildman–Crippen MR) is 116 cm³/mol. The summed E-state index contributed by atoms with van der Waals surface area (Å²) in [4.78, 5) is 27.1. The number of benzene rings is 2. The van der Waals surface area contributed by atoms with Gasteiger partial charge in [-0.15, -0.1) is 0 Å². The zero-order chi connectivity index (χ0) is 20.9. The molecular weight excluding hydrogens is 350 g/mol.